The molecule has 2 heterocycles. The van der Waals surface area contributed by atoms with E-state index in [1.165, 1.54) is 23.7 Å². The number of nitrogens with one attached hydrogen (secondary N) is 1. The van der Waals surface area contributed by atoms with Crippen LogP contribution in [0.1, 0.15) is 35.1 Å². The average molecular weight is 263 g/mol. The minimum atomic E-state index is -0.291. The van der Waals surface area contributed by atoms with Crippen LogP contribution in [0, 0.1) is 0 Å². The third kappa shape index (κ3) is 2.80. The fraction of sp³-hybridized carbons (Fsp3) is 0.273. The Morgan fingerprint density at radius 1 is 1.39 bits per heavy atom. The van der Waals surface area contributed by atoms with E-state index in [9.17, 15) is 4.79 Å². The van der Waals surface area contributed by atoms with Crippen LogP contribution in [0.4, 0.5) is 10.8 Å². The lowest BCUT2D eigenvalue weighted by molar-refractivity contribution is 0.102. The summed E-state index contributed by atoms with van der Waals surface area (Å²) in [5.74, 6) is 0.00319. The predicted molar refractivity (Wildman–Crippen MR) is 70.6 cm³/mol. The van der Waals surface area contributed by atoms with Crippen molar-refractivity contribution in [2.24, 2.45) is 0 Å². The van der Waals surface area contributed by atoms with E-state index in [1.807, 2.05) is 13.8 Å². The van der Waals surface area contributed by atoms with Crippen molar-refractivity contribution in [2.75, 3.05) is 11.1 Å². The molecule has 2 rings (SSSR count). The first kappa shape index (κ1) is 12.4. The summed E-state index contributed by atoms with van der Waals surface area (Å²) < 4.78 is 0. The average Bonchev–Trinajstić information content (AvgIpc) is 2.77. The molecule has 0 atom stereocenters. The lowest BCUT2D eigenvalue weighted by Crippen LogP contribution is -2.12. The van der Waals surface area contributed by atoms with Crippen molar-refractivity contribution in [3.8, 4) is 0 Å². The summed E-state index contributed by atoms with van der Waals surface area (Å²) >= 11 is 1.36. The van der Waals surface area contributed by atoms with E-state index in [2.05, 4.69) is 20.5 Å². The van der Waals surface area contributed by atoms with Gasteiger partial charge in [0.2, 0.25) is 5.13 Å². The summed E-state index contributed by atoms with van der Waals surface area (Å²) in [7, 11) is 0. The molecule has 3 N–H and O–H groups in total. The lowest BCUT2D eigenvalue weighted by atomic mass is 10.2. The van der Waals surface area contributed by atoms with E-state index < -0.39 is 0 Å². The highest BCUT2D eigenvalue weighted by Crippen LogP contribution is 2.22. The Morgan fingerprint density at radius 2 is 2.17 bits per heavy atom. The maximum absolute atomic E-state index is 11.9. The molecule has 0 fully saturated rings. The third-order valence-electron chi connectivity index (χ3n) is 2.18. The zero-order chi connectivity index (χ0) is 13.1. The minimum Gasteiger partial charge on any atom is -0.397 e. The monoisotopic (exact) mass is 263 g/mol. The van der Waals surface area contributed by atoms with Gasteiger partial charge >= 0.3 is 0 Å². The van der Waals surface area contributed by atoms with E-state index >= 15 is 0 Å². The Hall–Kier alpha value is -2.02. The number of hydrogen-bond donors (Lipinski definition) is 2. The molecule has 7 heteroatoms. The summed E-state index contributed by atoms with van der Waals surface area (Å²) in [6.45, 7) is 4.04. The molecule has 6 nitrogen and oxygen atoms in total. The smallest absolute Gasteiger partial charge is 0.259 e. The second-order valence-corrected chi connectivity index (χ2v) is 5.07. The topological polar surface area (TPSA) is 93.8 Å². The molecule has 1 amide bonds. The first-order valence-corrected chi connectivity index (χ1v) is 6.23. The Bertz CT molecular complexity index is 566. The minimum absolute atomic E-state index is 0.291. The normalized spacial score (nSPS) is 10.6. The number of nitrogens with zero attached hydrogens (tertiary/aromatic N) is 3. The van der Waals surface area contributed by atoms with Crippen molar-refractivity contribution < 1.29 is 4.79 Å². The van der Waals surface area contributed by atoms with E-state index in [4.69, 9.17) is 5.73 Å². The van der Waals surface area contributed by atoms with Gasteiger partial charge < -0.3 is 5.73 Å². The number of hydrogen-bond acceptors (Lipinski definition) is 6. The molecule has 2 aromatic heterocycles. The van der Waals surface area contributed by atoms with Gasteiger partial charge in [-0.2, -0.15) is 0 Å². The number of aromatic nitrogens is 3. The first-order valence-electron chi connectivity index (χ1n) is 5.41. The molecule has 18 heavy (non-hydrogen) atoms. The maximum Gasteiger partial charge on any atom is 0.259 e. The van der Waals surface area contributed by atoms with Crippen LogP contribution in [0.25, 0.3) is 0 Å². The fourth-order valence-electron chi connectivity index (χ4n) is 1.27. The van der Waals surface area contributed by atoms with Gasteiger partial charge in [0, 0.05) is 18.3 Å². The Morgan fingerprint density at radius 3 is 2.78 bits per heavy atom. The van der Waals surface area contributed by atoms with Crippen molar-refractivity contribution in [3.05, 3.63) is 29.0 Å². The maximum atomic E-state index is 11.9. The number of carbonyl (C=O) groups is 1. The van der Waals surface area contributed by atoms with Crippen LogP contribution >= 0.6 is 11.3 Å². The zero-order valence-corrected chi connectivity index (χ0v) is 10.9. The number of nitrogen functional groups attached to an aromatic ring is 1. The highest BCUT2D eigenvalue weighted by atomic mass is 32.1. The number of rotatable bonds is 3. The van der Waals surface area contributed by atoms with Gasteiger partial charge in [0.25, 0.3) is 5.91 Å². The largest absolute Gasteiger partial charge is 0.397 e. The number of carbonyl (C=O) groups excluding carboxylic acids is 1. The number of nitrogens with two attached hydrogens (primary N) is 1. The fourth-order valence-corrected chi connectivity index (χ4v) is 2.01. The van der Waals surface area contributed by atoms with Gasteiger partial charge in [-0.05, 0) is 6.07 Å². The number of pyridine rings is 1. The molecule has 0 saturated carbocycles. The molecule has 0 unspecified atom stereocenters. The zero-order valence-electron chi connectivity index (χ0n) is 10.0. The predicted octanol–water partition coefficient (Wildman–Crippen LogP) is 1.89. The van der Waals surface area contributed by atoms with Gasteiger partial charge in [-0.15, -0.1) is 10.2 Å². The van der Waals surface area contributed by atoms with Crippen molar-refractivity contribution in [2.45, 2.75) is 19.8 Å². The van der Waals surface area contributed by atoms with Crippen LogP contribution in [0.5, 0.6) is 0 Å². The molecular formula is C11H13N5OS. The molecule has 0 aliphatic heterocycles. The standard InChI is InChI=1S/C11H13N5OS/c1-6(2)10-15-16-11(18-10)14-9(17)7-3-8(12)5-13-4-7/h3-6H,12H2,1-2H3,(H,14,16,17). The highest BCUT2D eigenvalue weighted by Gasteiger charge is 2.12. The van der Waals surface area contributed by atoms with Gasteiger partial charge in [0.15, 0.2) is 0 Å². The van der Waals surface area contributed by atoms with Gasteiger partial charge in [-0.25, -0.2) is 0 Å². The summed E-state index contributed by atoms with van der Waals surface area (Å²) in [4.78, 5) is 15.7. The van der Waals surface area contributed by atoms with Gasteiger partial charge in [-0.3, -0.25) is 15.1 Å². The Labute approximate surface area is 108 Å². The SMILES string of the molecule is CC(C)c1nnc(NC(=O)c2cncc(N)c2)s1. The van der Waals surface area contributed by atoms with Crippen molar-refractivity contribution in [1.29, 1.82) is 0 Å². The van der Waals surface area contributed by atoms with Crippen LogP contribution in [0.2, 0.25) is 0 Å². The second-order valence-electron chi connectivity index (χ2n) is 4.06. The van der Waals surface area contributed by atoms with E-state index in [0.29, 0.717) is 22.3 Å². The quantitative estimate of drug-likeness (QED) is 0.882. The third-order valence-corrected chi connectivity index (χ3v) is 3.32. The van der Waals surface area contributed by atoms with Crippen LogP contribution in [-0.4, -0.2) is 21.1 Å². The molecule has 94 valence electrons. The van der Waals surface area contributed by atoms with Crippen LogP contribution < -0.4 is 11.1 Å². The summed E-state index contributed by atoms with van der Waals surface area (Å²) in [5.41, 5.74) is 6.41. The number of amides is 1. The highest BCUT2D eigenvalue weighted by molar-refractivity contribution is 7.15. The molecule has 0 aromatic carbocycles. The van der Waals surface area contributed by atoms with Crippen molar-refractivity contribution >= 4 is 28.1 Å². The Balaban J connectivity index is 2.11. The molecule has 0 bridgehead atoms. The van der Waals surface area contributed by atoms with E-state index in [0.717, 1.165) is 5.01 Å². The van der Waals surface area contributed by atoms with Crippen LogP contribution in [-0.2, 0) is 0 Å². The first-order chi connectivity index (χ1) is 8.56. The molecule has 0 aliphatic carbocycles. The lowest BCUT2D eigenvalue weighted by Gasteiger charge is -2.01. The van der Waals surface area contributed by atoms with Gasteiger partial charge in [0.05, 0.1) is 11.3 Å². The van der Waals surface area contributed by atoms with E-state index in [-0.39, 0.29) is 5.91 Å². The van der Waals surface area contributed by atoms with Gasteiger partial charge in [0.1, 0.15) is 5.01 Å². The molecule has 0 aliphatic rings. The van der Waals surface area contributed by atoms with E-state index in [1.54, 1.807) is 6.07 Å². The summed E-state index contributed by atoms with van der Waals surface area (Å²) in [5, 5.41) is 11.9. The molecular weight excluding hydrogens is 250 g/mol. The molecule has 0 saturated heterocycles. The summed E-state index contributed by atoms with van der Waals surface area (Å²) in [6, 6.07) is 1.56. The molecule has 0 radical (unpaired) electrons. The molecule has 2 aromatic rings. The Kier molecular flexibility index (Phi) is 3.52. The number of anilines is 2. The van der Waals surface area contributed by atoms with Crippen molar-refractivity contribution in [1.82, 2.24) is 15.2 Å². The second kappa shape index (κ2) is 5.09. The summed E-state index contributed by atoms with van der Waals surface area (Å²) in [6.07, 6.45) is 2.94. The van der Waals surface area contributed by atoms with Gasteiger partial charge in [-0.1, -0.05) is 25.2 Å². The van der Waals surface area contributed by atoms with Crippen LogP contribution in [0.3, 0.4) is 0 Å². The molecule has 0 spiro atoms. The van der Waals surface area contributed by atoms with Crippen molar-refractivity contribution in [3.63, 3.8) is 0 Å². The van der Waals surface area contributed by atoms with Crippen LogP contribution in [0.15, 0.2) is 18.5 Å².